The Bertz CT molecular complexity index is 479. The van der Waals surface area contributed by atoms with Gasteiger partial charge in [-0.3, -0.25) is 9.69 Å². The van der Waals surface area contributed by atoms with Gasteiger partial charge in [0.2, 0.25) is 0 Å². The van der Waals surface area contributed by atoms with E-state index >= 15 is 0 Å². The lowest BCUT2D eigenvalue weighted by Crippen LogP contribution is -2.33. The van der Waals surface area contributed by atoms with Crippen molar-refractivity contribution in [3.05, 3.63) is 29.6 Å². The topological polar surface area (TPSA) is 43.8 Å². The molecule has 1 saturated heterocycles. The van der Waals surface area contributed by atoms with Crippen molar-refractivity contribution in [1.29, 1.82) is 0 Å². The minimum atomic E-state index is -0.379. The van der Waals surface area contributed by atoms with Crippen LogP contribution in [0.15, 0.2) is 18.2 Å². The van der Waals surface area contributed by atoms with Crippen molar-refractivity contribution < 1.29 is 14.3 Å². The van der Waals surface area contributed by atoms with E-state index in [0.717, 1.165) is 38.3 Å². The van der Waals surface area contributed by atoms with Crippen molar-refractivity contribution in [2.75, 3.05) is 44.2 Å². The fourth-order valence-electron chi connectivity index (χ4n) is 2.64. The Morgan fingerprint density at radius 3 is 2.80 bits per heavy atom. The summed E-state index contributed by atoms with van der Waals surface area (Å²) < 4.78 is 13.3. The second-order valence-electron chi connectivity index (χ2n) is 5.12. The summed E-state index contributed by atoms with van der Waals surface area (Å²) >= 11 is 0. The van der Waals surface area contributed by atoms with Crippen LogP contribution in [0.25, 0.3) is 0 Å². The highest BCUT2D eigenvalue weighted by molar-refractivity contribution is 5.99. The first kappa shape index (κ1) is 14.9. The van der Waals surface area contributed by atoms with Crippen molar-refractivity contribution >= 4 is 11.5 Å². The van der Waals surface area contributed by atoms with Gasteiger partial charge in [0.15, 0.2) is 5.78 Å². The van der Waals surface area contributed by atoms with E-state index in [0.29, 0.717) is 12.1 Å². The van der Waals surface area contributed by atoms with E-state index < -0.39 is 0 Å². The zero-order chi connectivity index (χ0) is 14.5. The zero-order valence-corrected chi connectivity index (χ0v) is 11.8. The first-order valence-electron chi connectivity index (χ1n) is 7.00. The molecule has 2 rings (SSSR count). The number of nitrogens with zero attached hydrogens (tertiary/aromatic N) is 2. The molecule has 0 aliphatic carbocycles. The molecule has 20 heavy (non-hydrogen) atoms. The van der Waals surface area contributed by atoms with E-state index in [1.54, 1.807) is 6.07 Å². The van der Waals surface area contributed by atoms with E-state index in [1.165, 1.54) is 19.1 Å². The van der Waals surface area contributed by atoms with E-state index in [2.05, 4.69) is 9.80 Å². The quantitative estimate of drug-likeness (QED) is 0.850. The van der Waals surface area contributed by atoms with Gasteiger partial charge < -0.3 is 10.0 Å². The third kappa shape index (κ3) is 3.55. The molecule has 1 aliphatic heterocycles. The van der Waals surface area contributed by atoms with Crippen molar-refractivity contribution in [3.8, 4) is 0 Å². The lowest BCUT2D eigenvalue weighted by Gasteiger charge is -2.25. The third-order valence-corrected chi connectivity index (χ3v) is 3.68. The minimum Gasteiger partial charge on any atom is -0.395 e. The van der Waals surface area contributed by atoms with Crippen molar-refractivity contribution in [3.63, 3.8) is 0 Å². The second kappa shape index (κ2) is 6.81. The van der Waals surface area contributed by atoms with Crippen LogP contribution in [0.4, 0.5) is 10.1 Å². The molecule has 0 saturated carbocycles. The monoisotopic (exact) mass is 280 g/mol. The molecule has 0 bridgehead atoms. The lowest BCUT2D eigenvalue weighted by molar-refractivity contribution is 0.101. The molecule has 1 aliphatic rings. The zero-order valence-electron chi connectivity index (χ0n) is 11.8. The summed E-state index contributed by atoms with van der Waals surface area (Å²) in [6.07, 6.45) is 0.967. The SMILES string of the molecule is CC(=O)c1cc(F)ccc1N1CCCN(CCO)CC1. The maximum Gasteiger partial charge on any atom is 0.161 e. The van der Waals surface area contributed by atoms with Crippen LogP contribution in [0.3, 0.4) is 0 Å². The number of benzene rings is 1. The lowest BCUT2D eigenvalue weighted by atomic mass is 10.1. The fraction of sp³-hybridized carbons (Fsp3) is 0.533. The molecule has 1 aromatic carbocycles. The molecule has 0 unspecified atom stereocenters. The van der Waals surface area contributed by atoms with Gasteiger partial charge in [-0.1, -0.05) is 0 Å². The molecule has 0 aromatic heterocycles. The Morgan fingerprint density at radius 1 is 1.30 bits per heavy atom. The Hall–Kier alpha value is -1.46. The number of anilines is 1. The maximum absolute atomic E-state index is 13.3. The van der Waals surface area contributed by atoms with Gasteiger partial charge in [0.05, 0.1) is 6.61 Å². The van der Waals surface area contributed by atoms with Gasteiger partial charge in [0.25, 0.3) is 0 Å². The summed E-state index contributed by atoms with van der Waals surface area (Å²) in [7, 11) is 0. The van der Waals surface area contributed by atoms with Crippen LogP contribution < -0.4 is 4.90 Å². The van der Waals surface area contributed by atoms with Gasteiger partial charge in [-0.15, -0.1) is 0 Å². The molecule has 1 heterocycles. The van der Waals surface area contributed by atoms with E-state index in [4.69, 9.17) is 5.11 Å². The summed E-state index contributed by atoms with van der Waals surface area (Å²) in [6.45, 7) is 5.71. The van der Waals surface area contributed by atoms with Crippen LogP contribution in [0.1, 0.15) is 23.7 Å². The molecular weight excluding hydrogens is 259 g/mol. The van der Waals surface area contributed by atoms with E-state index in [-0.39, 0.29) is 18.2 Å². The highest BCUT2D eigenvalue weighted by Gasteiger charge is 2.18. The molecule has 110 valence electrons. The number of β-amino-alcohol motifs (C(OH)–C–C–N with tert-alkyl or cyclic N) is 1. The van der Waals surface area contributed by atoms with Gasteiger partial charge >= 0.3 is 0 Å². The highest BCUT2D eigenvalue weighted by Crippen LogP contribution is 2.23. The summed E-state index contributed by atoms with van der Waals surface area (Å²) in [4.78, 5) is 16.0. The molecule has 1 aromatic rings. The Kier molecular flexibility index (Phi) is 5.09. The predicted molar refractivity (Wildman–Crippen MR) is 76.8 cm³/mol. The normalized spacial score (nSPS) is 17.1. The molecule has 4 nitrogen and oxygen atoms in total. The average molecular weight is 280 g/mol. The number of ketones is 1. The van der Waals surface area contributed by atoms with Gasteiger partial charge in [0, 0.05) is 37.4 Å². The number of halogens is 1. The standard InChI is InChI=1S/C15H21FN2O2/c1-12(20)14-11-13(16)3-4-15(14)18-6-2-5-17(7-8-18)9-10-19/h3-4,11,19H,2,5-10H2,1H3. The number of hydrogen-bond acceptors (Lipinski definition) is 4. The van der Waals surface area contributed by atoms with Crippen LogP contribution in [0.5, 0.6) is 0 Å². The van der Waals surface area contributed by atoms with Gasteiger partial charge in [0.1, 0.15) is 5.82 Å². The van der Waals surface area contributed by atoms with Crippen LogP contribution in [-0.2, 0) is 0 Å². The van der Waals surface area contributed by atoms with Crippen LogP contribution >= 0.6 is 0 Å². The van der Waals surface area contributed by atoms with Crippen LogP contribution in [0.2, 0.25) is 0 Å². The third-order valence-electron chi connectivity index (χ3n) is 3.68. The van der Waals surface area contributed by atoms with Crippen molar-refractivity contribution in [2.45, 2.75) is 13.3 Å². The number of carbonyl (C=O) groups is 1. The maximum atomic E-state index is 13.3. The summed E-state index contributed by atoms with van der Waals surface area (Å²) in [6, 6.07) is 4.40. The molecule has 0 atom stereocenters. The number of aliphatic hydroxyl groups excluding tert-OH is 1. The van der Waals surface area contributed by atoms with Gasteiger partial charge in [-0.05, 0) is 38.1 Å². The van der Waals surface area contributed by atoms with Gasteiger partial charge in [-0.25, -0.2) is 4.39 Å². The van der Waals surface area contributed by atoms with Crippen LogP contribution in [-0.4, -0.2) is 55.1 Å². The number of rotatable bonds is 4. The van der Waals surface area contributed by atoms with Crippen molar-refractivity contribution in [1.82, 2.24) is 4.90 Å². The Morgan fingerprint density at radius 2 is 2.10 bits per heavy atom. The Labute approximate surface area is 118 Å². The van der Waals surface area contributed by atoms with Crippen LogP contribution in [0, 0.1) is 5.82 Å². The summed E-state index contributed by atoms with van der Waals surface area (Å²) in [5.41, 5.74) is 1.25. The molecule has 0 radical (unpaired) electrons. The molecular formula is C15H21FN2O2. The fourth-order valence-corrected chi connectivity index (χ4v) is 2.64. The first-order valence-corrected chi connectivity index (χ1v) is 7.00. The molecule has 1 fully saturated rings. The summed E-state index contributed by atoms with van der Waals surface area (Å²) in [5.74, 6) is -0.494. The predicted octanol–water partition coefficient (Wildman–Crippen LogP) is 1.53. The second-order valence-corrected chi connectivity index (χ2v) is 5.12. The smallest absolute Gasteiger partial charge is 0.161 e. The van der Waals surface area contributed by atoms with E-state index in [1.807, 2.05) is 0 Å². The molecule has 1 N–H and O–H groups in total. The number of carbonyl (C=O) groups excluding carboxylic acids is 1. The Balaban J connectivity index is 2.17. The van der Waals surface area contributed by atoms with Gasteiger partial charge in [-0.2, -0.15) is 0 Å². The molecule has 0 spiro atoms. The highest BCUT2D eigenvalue weighted by atomic mass is 19.1. The molecule has 0 amide bonds. The minimum absolute atomic E-state index is 0.115. The number of hydrogen-bond donors (Lipinski definition) is 1. The average Bonchev–Trinajstić information content (AvgIpc) is 2.65. The number of Topliss-reactive ketones (excluding diaryl/α,β-unsaturated/α-hetero) is 1. The summed E-state index contributed by atoms with van der Waals surface area (Å²) in [5, 5.41) is 9.00. The first-order chi connectivity index (χ1) is 9.61. The molecule has 5 heteroatoms. The number of aliphatic hydroxyl groups is 1. The largest absolute Gasteiger partial charge is 0.395 e. The van der Waals surface area contributed by atoms with Crippen molar-refractivity contribution in [2.24, 2.45) is 0 Å². The van der Waals surface area contributed by atoms with E-state index in [9.17, 15) is 9.18 Å².